The van der Waals surface area contributed by atoms with Crippen molar-refractivity contribution >= 4 is 34.7 Å². The molecule has 0 N–H and O–H groups in total. The summed E-state index contributed by atoms with van der Waals surface area (Å²) in [5, 5.41) is 12.8. The van der Waals surface area contributed by atoms with Crippen LogP contribution in [0.3, 0.4) is 0 Å². The van der Waals surface area contributed by atoms with E-state index in [1.165, 1.54) is 23.0 Å². The van der Waals surface area contributed by atoms with Gasteiger partial charge < -0.3 is 14.7 Å². The SMILES string of the molecule is Cc1ccccc1N1CCN(C(=O)/C(C#N)=C2\SC=C(c3ccccc3)N2c2ccccc2)CC1. The Morgan fingerprint density at radius 1 is 0.857 bits per heavy atom. The number of anilines is 2. The molecule has 0 radical (unpaired) electrons. The molecule has 0 bridgehead atoms. The minimum absolute atomic E-state index is 0.186. The number of nitriles is 1. The van der Waals surface area contributed by atoms with Crippen LogP contribution in [0.25, 0.3) is 5.70 Å². The lowest BCUT2D eigenvalue weighted by atomic mass is 10.1. The van der Waals surface area contributed by atoms with Crippen LogP contribution in [0, 0.1) is 18.3 Å². The molecule has 6 heteroatoms. The summed E-state index contributed by atoms with van der Waals surface area (Å²) < 4.78 is 0. The van der Waals surface area contributed by atoms with Gasteiger partial charge in [-0.25, -0.2) is 0 Å². The molecule has 0 atom stereocenters. The van der Waals surface area contributed by atoms with Crippen LogP contribution in [0.2, 0.25) is 0 Å². The molecule has 174 valence electrons. The largest absolute Gasteiger partial charge is 0.368 e. The summed E-state index contributed by atoms with van der Waals surface area (Å²) in [7, 11) is 0. The van der Waals surface area contributed by atoms with E-state index in [1.807, 2.05) is 88.0 Å². The number of para-hydroxylation sites is 2. The zero-order valence-corrected chi connectivity index (χ0v) is 20.4. The van der Waals surface area contributed by atoms with Gasteiger partial charge in [0.1, 0.15) is 16.7 Å². The van der Waals surface area contributed by atoms with E-state index in [0.29, 0.717) is 18.1 Å². The monoisotopic (exact) mass is 478 g/mol. The average Bonchev–Trinajstić information content (AvgIpc) is 3.35. The predicted octanol–water partition coefficient (Wildman–Crippen LogP) is 5.63. The Morgan fingerprint density at radius 2 is 1.49 bits per heavy atom. The highest BCUT2D eigenvalue weighted by molar-refractivity contribution is 8.06. The fraction of sp³-hybridized carbons (Fsp3) is 0.172. The van der Waals surface area contributed by atoms with E-state index < -0.39 is 0 Å². The number of hydrogen-bond donors (Lipinski definition) is 0. The number of thioether (sulfide) groups is 1. The van der Waals surface area contributed by atoms with Gasteiger partial charge in [-0.2, -0.15) is 5.26 Å². The van der Waals surface area contributed by atoms with Crippen LogP contribution in [0.1, 0.15) is 11.1 Å². The van der Waals surface area contributed by atoms with Gasteiger partial charge in [0.15, 0.2) is 0 Å². The van der Waals surface area contributed by atoms with E-state index in [1.54, 1.807) is 0 Å². The minimum Gasteiger partial charge on any atom is -0.368 e. The molecule has 35 heavy (non-hydrogen) atoms. The number of nitrogens with zero attached hydrogens (tertiary/aromatic N) is 4. The fourth-order valence-corrected chi connectivity index (χ4v) is 5.58. The Morgan fingerprint density at radius 3 is 2.14 bits per heavy atom. The maximum atomic E-state index is 13.6. The first-order chi connectivity index (χ1) is 17.2. The molecule has 5 rings (SSSR count). The van der Waals surface area contributed by atoms with Crippen molar-refractivity contribution in [2.24, 2.45) is 0 Å². The smallest absolute Gasteiger partial charge is 0.267 e. The molecule has 0 aliphatic carbocycles. The standard InChI is InChI=1S/C29H26N4OS/c1-22-10-8-9-15-26(22)31-16-18-32(19-17-31)28(34)25(20-30)29-33(24-13-6-3-7-14-24)27(21-35-29)23-11-4-2-5-12-23/h2-15,21H,16-19H2,1H3/b29-25-. The van der Waals surface area contributed by atoms with Crippen LogP contribution >= 0.6 is 11.8 Å². The number of carbonyl (C=O) groups is 1. The molecule has 0 aromatic heterocycles. The first-order valence-electron chi connectivity index (χ1n) is 11.7. The first-order valence-corrected chi connectivity index (χ1v) is 12.6. The normalized spacial score (nSPS) is 17.1. The Balaban J connectivity index is 1.43. The lowest BCUT2D eigenvalue weighted by molar-refractivity contribution is -0.127. The summed E-state index contributed by atoms with van der Waals surface area (Å²) in [5.74, 6) is -0.205. The summed E-state index contributed by atoms with van der Waals surface area (Å²) in [4.78, 5) is 19.8. The van der Waals surface area contributed by atoms with Gasteiger partial charge in [0, 0.05) is 43.0 Å². The van der Waals surface area contributed by atoms with Crippen molar-refractivity contribution in [1.82, 2.24) is 4.90 Å². The third-order valence-electron chi connectivity index (χ3n) is 6.37. The van der Waals surface area contributed by atoms with Gasteiger partial charge in [0.25, 0.3) is 5.91 Å². The molecule has 5 nitrogen and oxygen atoms in total. The predicted molar refractivity (Wildman–Crippen MR) is 144 cm³/mol. The van der Waals surface area contributed by atoms with Crippen molar-refractivity contribution in [3.63, 3.8) is 0 Å². The second kappa shape index (κ2) is 10.1. The number of piperazine rings is 1. The molecular formula is C29H26N4OS. The van der Waals surface area contributed by atoms with Crippen LogP contribution in [0.5, 0.6) is 0 Å². The molecule has 3 aromatic rings. The third-order valence-corrected chi connectivity index (χ3v) is 7.32. The molecule has 2 heterocycles. The van der Waals surface area contributed by atoms with Crippen molar-refractivity contribution in [3.05, 3.63) is 112 Å². The lowest BCUT2D eigenvalue weighted by Crippen LogP contribution is -2.49. The van der Waals surface area contributed by atoms with Crippen LogP contribution in [0.15, 0.2) is 101 Å². The van der Waals surface area contributed by atoms with Gasteiger partial charge in [0.2, 0.25) is 0 Å². The summed E-state index contributed by atoms with van der Waals surface area (Å²) in [6.07, 6.45) is 0. The maximum Gasteiger partial charge on any atom is 0.267 e. The first kappa shape index (κ1) is 22.8. The van der Waals surface area contributed by atoms with Gasteiger partial charge in [-0.1, -0.05) is 78.5 Å². The van der Waals surface area contributed by atoms with Gasteiger partial charge >= 0.3 is 0 Å². The molecule has 1 fully saturated rings. The van der Waals surface area contributed by atoms with Crippen molar-refractivity contribution < 1.29 is 4.79 Å². The van der Waals surface area contributed by atoms with Crippen LogP contribution in [-0.2, 0) is 4.79 Å². The topological polar surface area (TPSA) is 50.6 Å². The summed E-state index contributed by atoms with van der Waals surface area (Å²) in [6, 6.07) is 30.5. The quantitative estimate of drug-likeness (QED) is 0.359. The van der Waals surface area contributed by atoms with Gasteiger partial charge in [0.05, 0.1) is 5.70 Å². The Labute approximate surface area is 210 Å². The van der Waals surface area contributed by atoms with Gasteiger partial charge in [-0.3, -0.25) is 4.79 Å². The number of aryl methyl sites for hydroxylation is 1. The van der Waals surface area contributed by atoms with Gasteiger partial charge in [-0.15, -0.1) is 0 Å². The van der Waals surface area contributed by atoms with E-state index in [9.17, 15) is 10.1 Å². The van der Waals surface area contributed by atoms with Crippen molar-refractivity contribution in [2.45, 2.75) is 6.92 Å². The van der Waals surface area contributed by atoms with Crippen LogP contribution < -0.4 is 9.80 Å². The highest BCUT2D eigenvalue weighted by atomic mass is 32.2. The summed E-state index contributed by atoms with van der Waals surface area (Å²) in [6.45, 7) is 4.76. The molecule has 0 spiro atoms. The maximum absolute atomic E-state index is 13.6. The van der Waals surface area contributed by atoms with E-state index >= 15 is 0 Å². The van der Waals surface area contributed by atoms with E-state index in [2.05, 4.69) is 30.0 Å². The fourth-order valence-electron chi connectivity index (χ4n) is 4.55. The molecule has 1 amide bonds. The third kappa shape index (κ3) is 4.55. The number of rotatable bonds is 4. The highest BCUT2D eigenvalue weighted by Crippen LogP contribution is 2.44. The number of carbonyl (C=O) groups excluding carboxylic acids is 1. The average molecular weight is 479 g/mol. The Bertz CT molecular complexity index is 1320. The highest BCUT2D eigenvalue weighted by Gasteiger charge is 2.32. The van der Waals surface area contributed by atoms with E-state index in [4.69, 9.17) is 0 Å². The summed E-state index contributed by atoms with van der Waals surface area (Å²) in [5.41, 5.74) is 5.54. The molecule has 0 unspecified atom stereocenters. The minimum atomic E-state index is -0.205. The Kier molecular flexibility index (Phi) is 6.60. The molecular weight excluding hydrogens is 452 g/mol. The van der Waals surface area contributed by atoms with E-state index in [0.717, 1.165) is 30.0 Å². The van der Waals surface area contributed by atoms with E-state index in [-0.39, 0.29) is 11.5 Å². The number of benzene rings is 3. The second-order valence-electron chi connectivity index (χ2n) is 8.52. The summed E-state index contributed by atoms with van der Waals surface area (Å²) >= 11 is 1.44. The zero-order valence-electron chi connectivity index (χ0n) is 19.6. The van der Waals surface area contributed by atoms with Gasteiger partial charge in [-0.05, 0) is 36.2 Å². The number of amides is 1. The zero-order chi connectivity index (χ0) is 24.2. The number of hydrogen-bond acceptors (Lipinski definition) is 5. The molecule has 1 saturated heterocycles. The molecule has 3 aromatic carbocycles. The molecule has 2 aliphatic heterocycles. The van der Waals surface area contributed by atoms with Crippen molar-refractivity contribution in [1.29, 1.82) is 5.26 Å². The van der Waals surface area contributed by atoms with Crippen LogP contribution in [0.4, 0.5) is 11.4 Å². The lowest BCUT2D eigenvalue weighted by Gasteiger charge is -2.37. The molecule has 0 saturated carbocycles. The second-order valence-corrected chi connectivity index (χ2v) is 9.37. The van der Waals surface area contributed by atoms with Crippen molar-refractivity contribution in [2.75, 3.05) is 36.0 Å². The van der Waals surface area contributed by atoms with Crippen LogP contribution in [-0.4, -0.2) is 37.0 Å². The Hall–Kier alpha value is -3.95. The van der Waals surface area contributed by atoms with Crippen molar-refractivity contribution in [3.8, 4) is 6.07 Å². The molecule has 2 aliphatic rings.